The van der Waals surface area contributed by atoms with Gasteiger partial charge in [-0.05, 0) is 52.5 Å². The fourth-order valence-electron chi connectivity index (χ4n) is 4.22. The minimum absolute atomic E-state index is 0. The Balaban J connectivity index is 0.00000300. The molecular weight excluding hydrogens is 475 g/mol. The number of hydrogen-bond donors (Lipinski definition) is 2. The fraction of sp³-hybridized carbons (Fsp3) is 0.682. The maximum Gasteiger partial charge on any atom is 0.191 e. The third kappa shape index (κ3) is 7.38. The number of nitrogens with one attached hydrogen (secondary N) is 2. The second-order valence-electron chi connectivity index (χ2n) is 8.17. The summed E-state index contributed by atoms with van der Waals surface area (Å²) in [6, 6.07) is 11.7. The Morgan fingerprint density at radius 3 is 2.48 bits per heavy atom. The number of piperazine rings is 1. The first kappa shape index (κ1) is 24.4. The third-order valence-electron chi connectivity index (χ3n) is 6.02. The molecule has 6 nitrogen and oxygen atoms in total. The van der Waals surface area contributed by atoms with Gasteiger partial charge in [0, 0.05) is 38.8 Å². The van der Waals surface area contributed by atoms with Crippen LogP contribution < -0.4 is 10.6 Å². The van der Waals surface area contributed by atoms with Gasteiger partial charge in [-0.2, -0.15) is 0 Å². The lowest BCUT2D eigenvalue weighted by Gasteiger charge is -2.38. The molecule has 29 heavy (non-hydrogen) atoms. The van der Waals surface area contributed by atoms with Gasteiger partial charge in [-0.15, -0.1) is 24.0 Å². The van der Waals surface area contributed by atoms with E-state index in [1.54, 1.807) is 0 Å². The quantitative estimate of drug-likeness (QED) is 0.332. The Hall–Kier alpha value is -0.900. The number of halogens is 1. The Morgan fingerprint density at radius 2 is 1.79 bits per heavy atom. The highest BCUT2D eigenvalue weighted by Crippen LogP contribution is 2.25. The molecule has 2 atom stereocenters. The van der Waals surface area contributed by atoms with Crippen molar-refractivity contribution in [2.24, 2.45) is 4.99 Å². The van der Waals surface area contributed by atoms with Crippen LogP contribution in [0.5, 0.6) is 0 Å². The first-order chi connectivity index (χ1) is 13.7. The van der Waals surface area contributed by atoms with Crippen LogP contribution >= 0.6 is 24.0 Å². The zero-order valence-corrected chi connectivity index (χ0v) is 20.6. The van der Waals surface area contributed by atoms with Crippen LogP contribution in [-0.2, 0) is 0 Å². The molecule has 0 spiro atoms. The van der Waals surface area contributed by atoms with Gasteiger partial charge in [0.25, 0.3) is 0 Å². The maximum absolute atomic E-state index is 4.98. The average molecular weight is 515 g/mol. The van der Waals surface area contributed by atoms with Gasteiger partial charge in [0.1, 0.15) is 0 Å². The van der Waals surface area contributed by atoms with Crippen molar-refractivity contribution in [1.29, 1.82) is 0 Å². The van der Waals surface area contributed by atoms with Gasteiger partial charge in [-0.25, -0.2) is 0 Å². The highest BCUT2D eigenvalue weighted by atomic mass is 127. The molecular formula is C22H39IN6. The fourth-order valence-corrected chi connectivity index (χ4v) is 4.22. The van der Waals surface area contributed by atoms with Crippen molar-refractivity contribution < 1.29 is 0 Å². The number of hydrogen-bond acceptors (Lipinski definition) is 4. The van der Waals surface area contributed by atoms with E-state index in [1.165, 1.54) is 31.5 Å². The molecule has 2 saturated heterocycles. The van der Waals surface area contributed by atoms with Crippen LogP contribution in [0.3, 0.4) is 0 Å². The summed E-state index contributed by atoms with van der Waals surface area (Å²) in [6.07, 6.45) is 2.60. The SMILES string of the molecule is CCNC(=NCC(c1ccccc1)N1CCCC1)NCC1CN(C)CCN1C.I. The molecule has 2 fully saturated rings. The van der Waals surface area contributed by atoms with Crippen LogP contribution in [0.1, 0.15) is 31.4 Å². The average Bonchev–Trinajstić information content (AvgIpc) is 3.24. The second-order valence-corrected chi connectivity index (χ2v) is 8.17. The molecule has 1 aromatic rings. The number of likely N-dealkylation sites (N-methyl/N-ethyl adjacent to an activating group) is 2. The number of rotatable bonds is 7. The van der Waals surface area contributed by atoms with E-state index in [2.05, 4.69) is 76.7 Å². The van der Waals surface area contributed by atoms with Gasteiger partial charge >= 0.3 is 0 Å². The zero-order valence-electron chi connectivity index (χ0n) is 18.3. The molecule has 0 aliphatic carbocycles. The monoisotopic (exact) mass is 514 g/mol. The summed E-state index contributed by atoms with van der Waals surface area (Å²) in [6.45, 7) is 10.5. The normalized spacial score (nSPS) is 22.9. The van der Waals surface area contributed by atoms with Crippen LogP contribution in [0.25, 0.3) is 0 Å². The second kappa shape index (κ2) is 12.7. The molecule has 0 radical (unpaired) electrons. The van der Waals surface area contributed by atoms with Crippen molar-refractivity contribution in [2.45, 2.75) is 31.8 Å². The van der Waals surface area contributed by atoms with Gasteiger partial charge in [0.05, 0.1) is 12.6 Å². The van der Waals surface area contributed by atoms with E-state index in [9.17, 15) is 0 Å². The number of nitrogens with zero attached hydrogens (tertiary/aromatic N) is 4. The predicted octanol–water partition coefficient (Wildman–Crippen LogP) is 2.24. The van der Waals surface area contributed by atoms with E-state index in [-0.39, 0.29) is 24.0 Å². The summed E-state index contributed by atoms with van der Waals surface area (Å²) in [5, 5.41) is 7.02. The largest absolute Gasteiger partial charge is 0.357 e. The third-order valence-corrected chi connectivity index (χ3v) is 6.02. The summed E-state index contributed by atoms with van der Waals surface area (Å²) in [7, 11) is 4.43. The molecule has 2 aliphatic heterocycles. The summed E-state index contributed by atoms with van der Waals surface area (Å²) in [4.78, 5) is 12.4. The molecule has 0 aromatic heterocycles. The molecule has 2 unspecified atom stereocenters. The molecule has 7 heteroatoms. The van der Waals surface area contributed by atoms with Crippen molar-refractivity contribution >= 4 is 29.9 Å². The Bertz CT molecular complexity index is 605. The molecule has 0 bridgehead atoms. The van der Waals surface area contributed by atoms with Crippen molar-refractivity contribution in [3.8, 4) is 0 Å². The Labute approximate surface area is 194 Å². The van der Waals surface area contributed by atoms with E-state index in [0.29, 0.717) is 12.1 Å². The molecule has 2 aliphatic rings. The van der Waals surface area contributed by atoms with Crippen LogP contribution in [0.15, 0.2) is 35.3 Å². The van der Waals surface area contributed by atoms with Gasteiger partial charge in [0.15, 0.2) is 5.96 Å². The van der Waals surface area contributed by atoms with Gasteiger partial charge < -0.3 is 15.5 Å². The molecule has 2 heterocycles. The lowest BCUT2D eigenvalue weighted by atomic mass is 10.1. The number of guanidine groups is 1. The van der Waals surface area contributed by atoms with Crippen molar-refractivity contribution in [2.75, 3.05) is 66.5 Å². The molecule has 164 valence electrons. The molecule has 1 aromatic carbocycles. The van der Waals surface area contributed by atoms with E-state index < -0.39 is 0 Å². The number of aliphatic imine (C=N–C) groups is 1. The number of benzene rings is 1. The van der Waals surface area contributed by atoms with Crippen LogP contribution in [0.4, 0.5) is 0 Å². The summed E-state index contributed by atoms with van der Waals surface area (Å²) in [5.41, 5.74) is 1.37. The number of likely N-dealkylation sites (tertiary alicyclic amines) is 1. The lowest BCUT2D eigenvalue weighted by Crippen LogP contribution is -2.55. The molecule has 3 rings (SSSR count). The maximum atomic E-state index is 4.98. The highest BCUT2D eigenvalue weighted by molar-refractivity contribution is 14.0. The molecule has 0 saturated carbocycles. The van der Waals surface area contributed by atoms with Crippen LogP contribution in [-0.4, -0.2) is 93.2 Å². The van der Waals surface area contributed by atoms with Crippen molar-refractivity contribution in [3.05, 3.63) is 35.9 Å². The minimum Gasteiger partial charge on any atom is -0.357 e. The Morgan fingerprint density at radius 1 is 1.07 bits per heavy atom. The lowest BCUT2D eigenvalue weighted by molar-refractivity contribution is 0.116. The van der Waals surface area contributed by atoms with E-state index in [4.69, 9.17) is 4.99 Å². The summed E-state index contributed by atoms with van der Waals surface area (Å²) < 4.78 is 0. The smallest absolute Gasteiger partial charge is 0.191 e. The van der Waals surface area contributed by atoms with Crippen LogP contribution in [0, 0.1) is 0 Å². The molecule has 0 amide bonds. The van der Waals surface area contributed by atoms with Crippen LogP contribution in [0.2, 0.25) is 0 Å². The van der Waals surface area contributed by atoms with E-state index >= 15 is 0 Å². The summed E-state index contributed by atoms with van der Waals surface area (Å²) in [5.74, 6) is 0.934. The minimum atomic E-state index is 0. The predicted molar refractivity (Wildman–Crippen MR) is 133 cm³/mol. The zero-order chi connectivity index (χ0) is 19.8. The van der Waals surface area contributed by atoms with E-state index in [1.807, 2.05) is 0 Å². The topological polar surface area (TPSA) is 46.1 Å². The van der Waals surface area contributed by atoms with Gasteiger partial charge in [-0.1, -0.05) is 30.3 Å². The van der Waals surface area contributed by atoms with Gasteiger partial charge in [0.2, 0.25) is 0 Å². The van der Waals surface area contributed by atoms with Crippen molar-refractivity contribution in [3.63, 3.8) is 0 Å². The summed E-state index contributed by atoms with van der Waals surface area (Å²) >= 11 is 0. The standard InChI is InChI=1S/C22H38N6.HI/c1-4-23-22(24-16-20-18-26(2)14-15-27(20)3)25-17-21(28-12-8-9-13-28)19-10-6-5-7-11-19;/h5-7,10-11,20-21H,4,8-9,12-18H2,1-3H3,(H2,23,24,25);1H. The Kier molecular flexibility index (Phi) is 10.7. The van der Waals surface area contributed by atoms with Gasteiger partial charge in [-0.3, -0.25) is 14.8 Å². The molecule has 2 N–H and O–H groups in total. The first-order valence-corrected chi connectivity index (χ1v) is 10.9. The first-order valence-electron chi connectivity index (χ1n) is 10.9. The van der Waals surface area contributed by atoms with E-state index in [0.717, 1.165) is 45.2 Å². The van der Waals surface area contributed by atoms with Crippen molar-refractivity contribution in [1.82, 2.24) is 25.3 Å². The highest BCUT2D eigenvalue weighted by Gasteiger charge is 2.24.